The van der Waals surface area contributed by atoms with Gasteiger partial charge in [-0.1, -0.05) is 13.8 Å². The van der Waals surface area contributed by atoms with E-state index in [-0.39, 0.29) is 5.56 Å². The normalized spacial score (nSPS) is 11.5. The molecule has 6 heteroatoms. The van der Waals surface area contributed by atoms with Gasteiger partial charge in [0.05, 0.1) is 11.1 Å². The molecular formula is C13H17F2IN2O. The zero-order chi connectivity index (χ0) is 14.6. The summed E-state index contributed by atoms with van der Waals surface area (Å²) in [6.45, 7) is 4.14. The Kier molecular flexibility index (Phi) is 5.66. The van der Waals surface area contributed by atoms with Crippen LogP contribution in [0.1, 0.15) is 37.0 Å². The van der Waals surface area contributed by atoms with E-state index in [1.807, 2.05) is 13.8 Å². The van der Waals surface area contributed by atoms with Gasteiger partial charge in [0.2, 0.25) is 0 Å². The van der Waals surface area contributed by atoms with Gasteiger partial charge in [-0.2, -0.15) is 0 Å². The molecule has 0 aliphatic rings. The largest absolute Gasteiger partial charge is 0.345 e. The van der Waals surface area contributed by atoms with E-state index in [0.29, 0.717) is 23.0 Å². The highest BCUT2D eigenvalue weighted by Gasteiger charge is 2.27. The molecule has 0 aromatic heterocycles. The number of amides is 1. The maximum Gasteiger partial charge on any atom is 0.252 e. The fraction of sp³-hybridized carbons (Fsp3) is 0.462. The van der Waals surface area contributed by atoms with Crippen molar-refractivity contribution in [1.29, 1.82) is 0 Å². The van der Waals surface area contributed by atoms with Crippen molar-refractivity contribution >= 4 is 28.5 Å². The van der Waals surface area contributed by atoms with E-state index >= 15 is 0 Å². The summed E-state index contributed by atoms with van der Waals surface area (Å²) in [5.41, 5.74) is 5.31. The topological polar surface area (TPSA) is 55.1 Å². The molecule has 1 aromatic carbocycles. The molecule has 1 amide bonds. The van der Waals surface area contributed by atoms with Crippen molar-refractivity contribution in [1.82, 2.24) is 5.32 Å². The summed E-state index contributed by atoms with van der Waals surface area (Å²) in [6, 6.07) is 1.92. The average Bonchev–Trinajstić information content (AvgIpc) is 2.40. The minimum absolute atomic E-state index is 0.124. The predicted octanol–water partition coefficient (Wildman–Crippen LogP) is 2.82. The number of carbonyl (C=O) groups excluding carboxylic acids is 1. The highest BCUT2D eigenvalue weighted by molar-refractivity contribution is 14.1. The summed E-state index contributed by atoms with van der Waals surface area (Å²) in [5, 5.41) is 2.83. The van der Waals surface area contributed by atoms with Crippen LogP contribution in [-0.4, -0.2) is 18.0 Å². The number of nitrogens with two attached hydrogens (primary N) is 1. The summed E-state index contributed by atoms with van der Waals surface area (Å²) in [4.78, 5) is 12.2. The van der Waals surface area contributed by atoms with Gasteiger partial charge < -0.3 is 11.1 Å². The van der Waals surface area contributed by atoms with Gasteiger partial charge in [-0.15, -0.1) is 0 Å². The SMILES string of the molecule is CCC(CC)(CN)NC(=O)c1cc(F)c(F)cc1I. The van der Waals surface area contributed by atoms with Crippen molar-refractivity contribution in [3.8, 4) is 0 Å². The molecule has 0 heterocycles. The molecule has 0 aliphatic carbocycles. The van der Waals surface area contributed by atoms with Crippen LogP contribution in [0, 0.1) is 15.2 Å². The molecule has 1 aromatic rings. The molecule has 3 N–H and O–H groups in total. The molecule has 0 unspecified atom stereocenters. The number of hydrogen-bond donors (Lipinski definition) is 2. The lowest BCUT2D eigenvalue weighted by Crippen LogP contribution is -2.53. The Morgan fingerprint density at radius 1 is 1.32 bits per heavy atom. The average molecular weight is 382 g/mol. The van der Waals surface area contributed by atoms with Crippen molar-refractivity contribution < 1.29 is 13.6 Å². The minimum atomic E-state index is -1.03. The molecule has 0 fully saturated rings. The van der Waals surface area contributed by atoms with Gasteiger partial charge in [-0.3, -0.25) is 4.79 Å². The fourth-order valence-corrected chi connectivity index (χ4v) is 2.45. The summed E-state index contributed by atoms with van der Waals surface area (Å²) in [5.74, 6) is -2.42. The lowest BCUT2D eigenvalue weighted by atomic mass is 9.92. The van der Waals surface area contributed by atoms with Gasteiger partial charge in [-0.05, 0) is 47.6 Å². The molecule has 0 aliphatic heterocycles. The molecule has 0 saturated heterocycles. The van der Waals surface area contributed by atoms with E-state index < -0.39 is 23.1 Å². The predicted molar refractivity (Wildman–Crippen MR) is 78.9 cm³/mol. The quantitative estimate of drug-likeness (QED) is 0.608. The smallest absolute Gasteiger partial charge is 0.252 e. The molecular weight excluding hydrogens is 365 g/mol. The van der Waals surface area contributed by atoms with Gasteiger partial charge in [0, 0.05) is 10.1 Å². The lowest BCUT2D eigenvalue weighted by molar-refractivity contribution is 0.0893. The summed E-state index contributed by atoms with van der Waals surface area (Å²) >= 11 is 1.81. The fourth-order valence-electron chi connectivity index (χ4n) is 1.77. The molecule has 1 rings (SSSR count). The summed E-state index contributed by atoms with van der Waals surface area (Å²) < 4.78 is 26.6. The first-order chi connectivity index (χ1) is 8.89. The van der Waals surface area contributed by atoms with Crippen molar-refractivity contribution in [3.05, 3.63) is 32.9 Å². The van der Waals surface area contributed by atoms with E-state index in [9.17, 15) is 13.6 Å². The first kappa shape index (κ1) is 16.3. The zero-order valence-electron chi connectivity index (χ0n) is 10.9. The van der Waals surface area contributed by atoms with Crippen LogP contribution in [0.2, 0.25) is 0 Å². The van der Waals surface area contributed by atoms with E-state index in [2.05, 4.69) is 5.32 Å². The van der Waals surface area contributed by atoms with Crippen LogP contribution in [0.15, 0.2) is 12.1 Å². The molecule has 0 spiro atoms. The van der Waals surface area contributed by atoms with Gasteiger partial charge in [-0.25, -0.2) is 8.78 Å². The van der Waals surface area contributed by atoms with Crippen LogP contribution in [-0.2, 0) is 0 Å². The number of hydrogen-bond acceptors (Lipinski definition) is 2. The molecule has 0 atom stereocenters. The van der Waals surface area contributed by atoms with Gasteiger partial charge in [0.25, 0.3) is 5.91 Å². The first-order valence-corrected chi connectivity index (χ1v) is 7.14. The molecule has 106 valence electrons. The molecule has 3 nitrogen and oxygen atoms in total. The third kappa shape index (κ3) is 3.62. The van der Waals surface area contributed by atoms with Crippen LogP contribution in [0.4, 0.5) is 8.78 Å². The number of carbonyl (C=O) groups is 1. The van der Waals surface area contributed by atoms with Gasteiger partial charge >= 0.3 is 0 Å². The Morgan fingerprint density at radius 2 is 1.84 bits per heavy atom. The van der Waals surface area contributed by atoms with Crippen molar-refractivity contribution in [3.63, 3.8) is 0 Å². The maximum absolute atomic E-state index is 13.2. The highest BCUT2D eigenvalue weighted by Crippen LogP contribution is 2.20. The second-order valence-electron chi connectivity index (χ2n) is 4.39. The number of nitrogens with one attached hydrogen (secondary N) is 1. The van der Waals surface area contributed by atoms with Gasteiger partial charge in [0.15, 0.2) is 11.6 Å². The molecule has 0 bridgehead atoms. The summed E-state index contributed by atoms with van der Waals surface area (Å²) in [6.07, 6.45) is 1.35. The third-order valence-electron chi connectivity index (χ3n) is 3.38. The highest BCUT2D eigenvalue weighted by atomic mass is 127. The Balaban J connectivity index is 3.04. The number of rotatable bonds is 5. The molecule has 0 saturated carbocycles. The Bertz CT molecular complexity index is 468. The van der Waals surface area contributed by atoms with Crippen LogP contribution < -0.4 is 11.1 Å². The Labute approximate surface area is 125 Å². The van der Waals surface area contributed by atoms with E-state index in [4.69, 9.17) is 5.73 Å². The van der Waals surface area contributed by atoms with Crippen molar-refractivity contribution in [2.24, 2.45) is 5.73 Å². The second-order valence-corrected chi connectivity index (χ2v) is 5.55. The Morgan fingerprint density at radius 3 is 2.32 bits per heavy atom. The van der Waals surface area contributed by atoms with Crippen molar-refractivity contribution in [2.75, 3.05) is 6.54 Å². The second kappa shape index (κ2) is 6.60. The zero-order valence-corrected chi connectivity index (χ0v) is 13.1. The monoisotopic (exact) mass is 382 g/mol. The summed E-state index contributed by atoms with van der Waals surface area (Å²) in [7, 11) is 0. The standard InChI is InChI=1S/C13H17F2IN2O/c1-3-13(4-2,7-17)18-12(19)8-5-9(14)10(15)6-11(8)16/h5-6H,3-4,7,17H2,1-2H3,(H,18,19). The first-order valence-electron chi connectivity index (χ1n) is 6.06. The van der Waals surface area contributed by atoms with E-state index in [1.165, 1.54) is 0 Å². The number of halogens is 3. The van der Waals surface area contributed by atoms with Gasteiger partial charge in [0.1, 0.15) is 0 Å². The minimum Gasteiger partial charge on any atom is -0.345 e. The van der Waals surface area contributed by atoms with Crippen molar-refractivity contribution in [2.45, 2.75) is 32.2 Å². The number of benzene rings is 1. The van der Waals surface area contributed by atoms with E-state index in [1.54, 1.807) is 22.6 Å². The van der Waals surface area contributed by atoms with E-state index in [0.717, 1.165) is 12.1 Å². The lowest BCUT2D eigenvalue weighted by Gasteiger charge is -2.31. The molecule has 0 radical (unpaired) electrons. The molecule has 19 heavy (non-hydrogen) atoms. The maximum atomic E-state index is 13.2. The van der Waals surface area contributed by atoms with Crippen LogP contribution in [0.3, 0.4) is 0 Å². The van der Waals surface area contributed by atoms with Crippen LogP contribution in [0.5, 0.6) is 0 Å². The third-order valence-corrected chi connectivity index (χ3v) is 4.27. The van der Waals surface area contributed by atoms with Crippen LogP contribution >= 0.6 is 22.6 Å². The Hall–Kier alpha value is -0.760. The van der Waals surface area contributed by atoms with Crippen LogP contribution in [0.25, 0.3) is 0 Å².